The number of halogens is 1. The van der Waals surface area contributed by atoms with Gasteiger partial charge in [0.1, 0.15) is 0 Å². The number of ether oxygens (including phenoxy) is 1. The van der Waals surface area contributed by atoms with Gasteiger partial charge in [0.05, 0.1) is 10.6 Å². The lowest BCUT2D eigenvalue weighted by atomic mass is 10.1. The van der Waals surface area contributed by atoms with E-state index in [1.807, 2.05) is 0 Å². The number of anilines is 1. The van der Waals surface area contributed by atoms with Gasteiger partial charge in [-0.05, 0) is 38.1 Å². The van der Waals surface area contributed by atoms with Crippen LogP contribution in [0.3, 0.4) is 0 Å². The molecule has 0 aliphatic carbocycles. The van der Waals surface area contributed by atoms with Gasteiger partial charge in [0.25, 0.3) is 5.91 Å². The van der Waals surface area contributed by atoms with Crippen LogP contribution in [0.2, 0.25) is 5.02 Å². The Balaban J connectivity index is 2.02. The molecule has 0 fully saturated rings. The van der Waals surface area contributed by atoms with Gasteiger partial charge in [0, 0.05) is 11.3 Å². The molecule has 0 unspecified atom stereocenters. The number of rotatable bonds is 5. The van der Waals surface area contributed by atoms with Gasteiger partial charge in [-0.3, -0.25) is 9.59 Å². The number of hydrogen-bond acceptors (Lipinski definition) is 4. The van der Waals surface area contributed by atoms with Crippen molar-refractivity contribution in [2.24, 2.45) is 0 Å². The van der Waals surface area contributed by atoms with E-state index in [2.05, 4.69) is 5.32 Å². The highest BCUT2D eigenvalue weighted by Gasteiger charge is 2.20. The monoisotopic (exact) mass is 345 g/mol. The number of benzene rings is 2. The van der Waals surface area contributed by atoms with Crippen molar-refractivity contribution in [2.45, 2.75) is 20.0 Å². The van der Waals surface area contributed by atoms with Crippen molar-refractivity contribution in [1.29, 1.82) is 0 Å². The van der Waals surface area contributed by atoms with Gasteiger partial charge in [-0.25, -0.2) is 4.79 Å². The zero-order chi connectivity index (χ0) is 17.7. The largest absolute Gasteiger partial charge is 0.449 e. The van der Waals surface area contributed by atoms with Crippen LogP contribution in [0.25, 0.3) is 0 Å². The predicted molar refractivity (Wildman–Crippen MR) is 91.4 cm³/mol. The zero-order valence-electron chi connectivity index (χ0n) is 13.2. The van der Waals surface area contributed by atoms with Gasteiger partial charge in [-0.15, -0.1) is 0 Å². The van der Waals surface area contributed by atoms with Crippen LogP contribution in [0.4, 0.5) is 5.69 Å². The zero-order valence-corrected chi connectivity index (χ0v) is 14.0. The molecule has 0 saturated carbocycles. The summed E-state index contributed by atoms with van der Waals surface area (Å²) in [4.78, 5) is 35.5. The second-order valence-electron chi connectivity index (χ2n) is 5.15. The fraction of sp³-hybridized carbons (Fsp3) is 0.167. The van der Waals surface area contributed by atoms with Gasteiger partial charge < -0.3 is 10.1 Å². The molecule has 1 atom stereocenters. The standard InChI is InChI=1S/C18H16ClNO4/c1-11(21)13-6-5-7-14(10-13)20-17(22)12(2)24-18(23)15-8-3-4-9-16(15)19/h3-10,12H,1-2H3,(H,20,22)/t12-/m0/s1. The smallest absolute Gasteiger partial charge is 0.340 e. The second-order valence-corrected chi connectivity index (χ2v) is 5.56. The maximum absolute atomic E-state index is 12.1. The van der Waals surface area contributed by atoms with E-state index in [0.29, 0.717) is 11.3 Å². The first kappa shape index (κ1) is 17.7. The minimum absolute atomic E-state index is 0.107. The van der Waals surface area contributed by atoms with Crippen LogP contribution >= 0.6 is 11.6 Å². The molecule has 24 heavy (non-hydrogen) atoms. The van der Waals surface area contributed by atoms with E-state index in [1.54, 1.807) is 42.5 Å². The van der Waals surface area contributed by atoms with E-state index >= 15 is 0 Å². The highest BCUT2D eigenvalue weighted by molar-refractivity contribution is 6.33. The molecule has 2 aromatic rings. The summed E-state index contributed by atoms with van der Waals surface area (Å²) in [6.07, 6.45) is -1.02. The van der Waals surface area contributed by atoms with Gasteiger partial charge in [0.2, 0.25) is 0 Å². The number of ketones is 1. The minimum atomic E-state index is -1.02. The van der Waals surface area contributed by atoms with E-state index in [9.17, 15) is 14.4 Å². The highest BCUT2D eigenvalue weighted by atomic mass is 35.5. The molecule has 0 bridgehead atoms. The first-order valence-electron chi connectivity index (χ1n) is 7.26. The summed E-state index contributed by atoms with van der Waals surface area (Å²) in [6.45, 7) is 2.90. The van der Waals surface area contributed by atoms with Crippen molar-refractivity contribution in [3.63, 3.8) is 0 Å². The molecular formula is C18H16ClNO4. The fourth-order valence-corrected chi connectivity index (χ4v) is 2.18. The Bertz CT molecular complexity index is 788. The second kappa shape index (κ2) is 7.75. The summed E-state index contributed by atoms with van der Waals surface area (Å²) in [7, 11) is 0. The van der Waals surface area contributed by atoms with Gasteiger partial charge in [-0.2, -0.15) is 0 Å². The molecule has 0 saturated heterocycles. The van der Waals surface area contributed by atoms with E-state index in [1.165, 1.54) is 19.9 Å². The molecule has 0 spiro atoms. The van der Waals surface area contributed by atoms with Crippen molar-refractivity contribution < 1.29 is 19.1 Å². The molecule has 0 radical (unpaired) electrons. The first-order chi connectivity index (χ1) is 11.4. The summed E-state index contributed by atoms with van der Waals surface area (Å²) < 4.78 is 5.13. The molecule has 1 amide bonds. The number of hydrogen-bond donors (Lipinski definition) is 1. The van der Waals surface area contributed by atoms with Crippen LogP contribution in [0, 0.1) is 0 Å². The van der Waals surface area contributed by atoms with Crippen molar-refractivity contribution in [3.05, 3.63) is 64.7 Å². The van der Waals surface area contributed by atoms with Crippen molar-refractivity contribution in [3.8, 4) is 0 Å². The van der Waals surface area contributed by atoms with E-state index in [-0.39, 0.29) is 16.4 Å². The van der Waals surface area contributed by atoms with Crippen molar-refractivity contribution >= 4 is 34.9 Å². The first-order valence-corrected chi connectivity index (χ1v) is 7.63. The fourth-order valence-electron chi connectivity index (χ4n) is 1.96. The summed E-state index contributed by atoms with van der Waals surface area (Å²) in [5.41, 5.74) is 1.12. The van der Waals surface area contributed by atoms with Crippen LogP contribution in [0.5, 0.6) is 0 Å². The Hall–Kier alpha value is -2.66. The van der Waals surface area contributed by atoms with Crippen molar-refractivity contribution in [2.75, 3.05) is 5.32 Å². The summed E-state index contributed by atoms with van der Waals surface area (Å²) in [5.74, 6) is -1.29. The Kier molecular flexibility index (Phi) is 5.71. The van der Waals surface area contributed by atoms with Crippen LogP contribution < -0.4 is 5.32 Å². The van der Waals surface area contributed by atoms with Gasteiger partial charge in [-0.1, -0.05) is 35.9 Å². The quantitative estimate of drug-likeness (QED) is 0.662. The molecule has 2 rings (SSSR count). The SMILES string of the molecule is CC(=O)c1cccc(NC(=O)[C@H](C)OC(=O)c2ccccc2Cl)c1. The third-order valence-corrected chi connectivity index (χ3v) is 3.61. The maximum Gasteiger partial charge on any atom is 0.340 e. The average molecular weight is 346 g/mol. The lowest BCUT2D eigenvalue weighted by Crippen LogP contribution is -2.30. The normalized spacial score (nSPS) is 11.5. The molecule has 0 aromatic heterocycles. The van der Waals surface area contributed by atoms with E-state index < -0.39 is 18.0 Å². The molecule has 0 aliphatic heterocycles. The van der Waals surface area contributed by atoms with Crippen LogP contribution in [-0.4, -0.2) is 23.8 Å². The average Bonchev–Trinajstić information content (AvgIpc) is 2.55. The Morgan fingerprint density at radius 3 is 2.46 bits per heavy atom. The molecule has 5 nitrogen and oxygen atoms in total. The van der Waals surface area contributed by atoms with Gasteiger partial charge in [0.15, 0.2) is 11.9 Å². The summed E-state index contributed by atoms with van der Waals surface area (Å²) in [6, 6.07) is 12.9. The molecule has 1 N–H and O–H groups in total. The number of esters is 1. The Morgan fingerprint density at radius 2 is 1.79 bits per heavy atom. The Labute approximate surface area is 144 Å². The number of amides is 1. The third-order valence-electron chi connectivity index (χ3n) is 3.28. The molecule has 124 valence electrons. The number of carbonyl (C=O) groups excluding carboxylic acids is 3. The molecule has 6 heteroatoms. The lowest BCUT2D eigenvalue weighted by molar-refractivity contribution is -0.123. The number of carbonyl (C=O) groups is 3. The lowest BCUT2D eigenvalue weighted by Gasteiger charge is -2.14. The molecule has 0 heterocycles. The predicted octanol–water partition coefficient (Wildman–Crippen LogP) is 3.73. The number of nitrogens with one attached hydrogen (secondary N) is 1. The number of Topliss-reactive ketones (excluding diaryl/α,β-unsaturated/α-hetero) is 1. The van der Waals surface area contributed by atoms with Gasteiger partial charge >= 0.3 is 5.97 Å². The maximum atomic E-state index is 12.1. The topological polar surface area (TPSA) is 72.5 Å². The van der Waals surface area contributed by atoms with E-state index in [0.717, 1.165) is 0 Å². The molecule has 0 aliphatic rings. The molecule has 2 aromatic carbocycles. The third kappa shape index (κ3) is 4.43. The highest BCUT2D eigenvalue weighted by Crippen LogP contribution is 2.17. The van der Waals surface area contributed by atoms with Crippen LogP contribution in [-0.2, 0) is 9.53 Å². The summed E-state index contributed by atoms with van der Waals surface area (Å²) >= 11 is 5.93. The van der Waals surface area contributed by atoms with Crippen LogP contribution in [0.15, 0.2) is 48.5 Å². The van der Waals surface area contributed by atoms with Crippen LogP contribution in [0.1, 0.15) is 34.6 Å². The Morgan fingerprint density at radius 1 is 1.08 bits per heavy atom. The van der Waals surface area contributed by atoms with E-state index in [4.69, 9.17) is 16.3 Å². The summed E-state index contributed by atoms with van der Waals surface area (Å²) in [5, 5.41) is 2.86. The van der Waals surface area contributed by atoms with Crippen molar-refractivity contribution in [1.82, 2.24) is 0 Å². The molecular weight excluding hydrogens is 330 g/mol. The minimum Gasteiger partial charge on any atom is -0.449 e.